The molecule has 0 bridgehead atoms. The lowest BCUT2D eigenvalue weighted by Gasteiger charge is -2.08. The van der Waals surface area contributed by atoms with Gasteiger partial charge in [0.1, 0.15) is 5.75 Å². The number of hydrogen-bond acceptors (Lipinski definition) is 5. The SMILES string of the molecule is CCOc1ccc(C(=O)O)cc1/C=N\NC(=O)C(=O)Nc1ccc(C)c(Cl)c1. The maximum absolute atomic E-state index is 11.9. The fourth-order valence-electron chi connectivity index (χ4n) is 2.14. The van der Waals surface area contributed by atoms with E-state index in [-0.39, 0.29) is 5.56 Å². The summed E-state index contributed by atoms with van der Waals surface area (Å²) in [5, 5.41) is 15.6. The van der Waals surface area contributed by atoms with Crippen LogP contribution in [0.5, 0.6) is 5.75 Å². The lowest BCUT2D eigenvalue weighted by atomic mass is 10.1. The first kappa shape index (κ1) is 20.9. The molecule has 0 saturated heterocycles. The Kier molecular flexibility index (Phi) is 7.11. The topological polar surface area (TPSA) is 117 Å². The zero-order valence-corrected chi connectivity index (χ0v) is 15.9. The number of halogens is 1. The third-order valence-electron chi connectivity index (χ3n) is 3.56. The molecule has 3 N–H and O–H groups in total. The summed E-state index contributed by atoms with van der Waals surface area (Å²) in [4.78, 5) is 34.9. The van der Waals surface area contributed by atoms with Gasteiger partial charge in [0.2, 0.25) is 0 Å². The molecule has 0 saturated carbocycles. The normalized spacial score (nSPS) is 10.5. The van der Waals surface area contributed by atoms with Crippen molar-refractivity contribution in [2.24, 2.45) is 5.10 Å². The van der Waals surface area contributed by atoms with Crippen LogP contribution >= 0.6 is 11.6 Å². The standard InChI is InChI=1S/C19H18ClN3O5/c1-3-28-16-7-5-12(19(26)27)8-13(16)10-21-23-18(25)17(24)22-14-6-4-11(2)15(20)9-14/h4-10H,3H2,1-2H3,(H,22,24)(H,23,25)(H,26,27)/b21-10-. The molecule has 0 spiro atoms. The van der Waals surface area contributed by atoms with Gasteiger partial charge in [-0.25, -0.2) is 10.2 Å². The minimum Gasteiger partial charge on any atom is -0.493 e. The Morgan fingerprint density at radius 3 is 2.57 bits per heavy atom. The summed E-state index contributed by atoms with van der Waals surface area (Å²) in [6.07, 6.45) is 1.20. The highest BCUT2D eigenvalue weighted by molar-refractivity contribution is 6.39. The van der Waals surface area contributed by atoms with E-state index in [1.165, 1.54) is 30.5 Å². The van der Waals surface area contributed by atoms with Gasteiger partial charge in [0, 0.05) is 16.3 Å². The number of carbonyl (C=O) groups excluding carboxylic acids is 2. The molecular weight excluding hydrogens is 386 g/mol. The molecule has 28 heavy (non-hydrogen) atoms. The predicted molar refractivity (Wildman–Crippen MR) is 105 cm³/mol. The molecule has 9 heteroatoms. The third-order valence-corrected chi connectivity index (χ3v) is 3.97. The summed E-state index contributed by atoms with van der Waals surface area (Å²) >= 11 is 5.97. The molecule has 0 aromatic heterocycles. The number of amides is 2. The van der Waals surface area contributed by atoms with E-state index in [9.17, 15) is 14.4 Å². The number of carbonyl (C=O) groups is 3. The average Bonchev–Trinajstić information content (AvgIpc) is 2.65. The first-order chi connectivity index (χ1) is 13.3. The van der Waals surface area contributed by atoms with Gasteiger partial charge in [0.15, 0.2) is 0 Å². The number of carboxylic acid groups (broad SMARTS) is 1. The lowest BCUT2D eigenvalue weighted by Crippen LogP contribution is -2.32. The Morgan fingerprint density at radius 1 is 1.18 bits per heavy atom. The molecule has 0 atom stereocenters. The monoisotopic (exact) mass is 403 g/mol. The first-order valence-electron chi connectivity index (χ1n) is 8.22. The number of hydrazone groups is 1. The van der Waals surface area contributed by atoms with Crippen molar-refractivity contribution in [3.8, 4) is 5.75 Å². The molecule has 0 aliphatic heterocycles. The highest BCUT2D eigenvalue weighted by atomic mass is 35.5. The second-order valence-electron chi connectivity index (χ2n) is 5.61. The van der Waals surface area contributed by atoms with Crippen molar-refractivity contribution in [2.75, 3.05) is 11.9 Å². The van der Waals surface area contributed by atoms with Gasteiger partial charge in [-0.1, -0.05) is 17.7 Å². The van der Waals surface area contributed by atoms with E-state index in [4.69, 9.17) is 21.4 Å². The van der Waals surface area contributed by atoms with Crippen LogP contribution < -0.4 is 15.5 Å². The van der Waals surface area contributed by atoms with Crippen molar-refractivity contribution in [2.45, 2.75) is 13.8 Å². The van der Waals surface area contributed by atoms with Gasteiger partial charge in [-0.15, -0.1) is 0 Å². The van der Waals surface area contributed by atoms with Crippen molar-refractivity contribution in [1.29, 1.82) is 0 Å². The van der Waals surface area contributed by atoms with Crippen molar-refractivity contribution >= 4 is 41.3 Å². The summed E-state index contributed by atoms with van der Waals surface area (Å²) in [7, 11) is 0. The molecule has 0 aliphatic rings. The molecule has 0 fully saturated rings. The van der Waals surface area contributed by atoms with Gasteiger partial charge >= 0.3 is 17.8 Å². The quantitative estimate of drug-likeness (QED) is 0.389. The van der Waals surface area contributed by atoms with Crippen LogP contribution in [0.25, 0.3) is 0 Å². The fourth-order valence-corrected chi connectivity index (χ4v) is 2.32. The second kappa shape index (κ2) is 9.52. The number of nitrogens with one attached hydrogen (secondary N) is 2. The van der Waals surface area contributed by atoms with Gasteiger partial charge in [0.25, 0.3) is 0 Å². The molecule has 146 valence electrons. The van der Waals surface area contributed by atoms with Crippen molar-refractivity contribution in [3.63, 3.8) is 0 Å². The summed E-state index contributed by atoms with van der Waals surface area (Å²) in [6, 6.07) is 9.07. The molecule has 0 heterocycles. The highest BCUT2D eigenvalue weighted by Crippen LogP contribution is 2.20. The van der Waals surface area contributed by atoms with Crippen LogP contribution in [0.2, 0.25) is 5.02 Å². The van der Waals surface area contributed by atoms with Gasteiger partial charge in [-0.05, 0) is 49.7 Å². The molecule has 2 aromatic rings. The zero-order valence-electron chi connectivity index (χ0n) is 15.2. The van der Waals surface area contributed by atoms with E-state index in [1.807, 2.05) is 6.92 Å². The smallest absolute Gasteiger partial charge is 0.335 e. The first-order valence-corrected chi connectivity index (χ1v) is 8.60. The minimum atomic E-state index is -1.11. The largest absolute Gasteiger partial charge is 0.493 e. The minimum absolute atomic E-state index is 0.0326. The second-order valence-corrected chi connectivity index (χ2v) is 6.02. The summed E-state index contributed by atoms with van der Waals surface area (Å²) < 4.78 is 5.39. The van der Waals surface area contributed by atoms with Gasteiger partial charge < -0.3 is 15.2 Å². The molecule has 2 rings (SSSR count). The van der Waals surface area contributed by atoms with Crippen LogP contribution in [0.4, 0.5) is 5.69 Å². The number of nitrogens with zero attached hydrogens (tertiary/aromatic N) is 1. The van der Waals surface area contributed by atoms with E-state index in [1.54, 1.807) is 19.1 Å². The average molecular weight is 404 g/mol. The van der Waals surface area contributed by atoms with Crippen LogP contribution in [-0.4, -0.2) is 35.7 Å². The number of ether oxygens (including phenoxy) is 1. The number of anilines is 1. The van der Waals surface area contributed by atoms with Crippen LogP contribution in [0.3, 0.4) is 0 Å². The fraction of sp³-hybridized carbons (Fsp3) is 0.158. The number of rotatable bonds is 6. The molecular formula is C19H18ClN3O5. The van der Waals surface area contributed by atoms with Gasteiger partial charge in [-0.3, -0.25) is 9.59 Å². The zero-order chi connectivity index (χ0) is 20.7. The van der Waals surface area contributed by atoms with Crippen molar-refractivity contribution < 1.29 is 24.2 Å². The number of hydrogen-bond donors (Lipinski definition) is 3. The number of carboxylic acids is 1. The maximum atomic E-state index is 11.9. The van der Waals surface area contributed by atoms with Crippen LogP contribution in [0, 0.1) is 6.92 Å². The van der Waals surface area contributed by atoms with Crippen LogP contribution in [0.15, 0.2) is 41.5 Å². The summed E-state index contributed by atoms with van der Waals surface area (Å²) in [6.45, 7) is 3.95. The van der Waals surface area contributed by atoms with E-state index in [0.29, 0.717) is 28.6 Å². The van der Waals surface area contributed by atoms with E-state index < -0.39 is 17.8 Å². The van der Waals surface area contributed by atoms with Crippen molar-refractivity contribution in [1.82, 2.24) is 5.43 Å². The Hall–Kier alpha value is -3.39. The molecule has 0 radical (unpaired) electrons. The summed E-state index contributed by atoms with van der Waals surface area (Å²) in [5.41, 5.74) is 3.65. The molecule has 0 aliphatic carbocycles. The van der Waals surface area contributed by atoms with E-state index in [2.05, 4.69) is 15.8 Å². The predicted octanol–water partition coefficient (Wildman–Crippen LogP) is 2.83. The van der Waals surface area contributed by atoms with Gasteiger partial charge in [-0.2, -0.15) is 5.10 Å². The Bertz CT molecular complexity index is 943. The van der Waals surface area contributed by atoms with Crippen molar-refractivity contribution in [3.05, 3.63) is 58.1 Å². The van der Waals surface area contributed by atoms with E-state index >= 15 is 0 Å². The van der Waals surface area contributed by atoms with Crippen LogP contribution in [0.1, 0.15) is 28.4 Å². The lowest BCUT2D eigenvalue weighted by molar-refractivity contribution is -0.136. The third kappa shape index (κ3) is 5.55. The van der Waals surface area contributed by atoms with Crippen LogP contribution in [-0.2, 0) is 9.59 Å². The van der Waals surface area contributed by atoms with Gasteiger partial charge in [0.05, 0.1) is 18.4 Å². The Labute approximate surface area is 166 Å². The molecule has 2 amide bonds. The van der Waals surface area contributed by atoms with E-state index in [0.717, 1.165) is 5.56 Å². The highest BCUT2D eigenvalue weighted by Gasteiger charge is 2.14. The number of aromatic carboxylic acids is 1. The molecule has 2 aromatic carbocycles. The number of benzene rings is 2. The number of aryl methyl sites for hydroxylation is 1. The molecule has 8 nitrogen and oxygen atoms in total. The Morgan fingerprint density at radius 2 is 1.93 bits per heavy atom. The Balaban J connectivity index is 2.05. The summed E-state index contributed by atoms with van der Waals surface area (Å²) in [5.74, 6) is -2.65. The molecule has 0 unspecified atom stereocenters. The maximum Gasteiger partial charge on any atom is 0.335 e.